The fourth-order valence-electron chi connectivity index (χ4n) is 7.12. The highest BCUT2D eigenvalue weighted by Crippen LogP contribution is 2.58. The molecule has 6 heteroatoms. The van der Waals surface area contributed by atoms with E-state index < -0.39 is 0 Å². The number of amides is 1. The minimum Gasteiger partial charge on any atom is -0.497 e. The van der Waals surface area contributed by atoms with Crippen LogP contribution in [-0.4, -0.2) is 38.8 Å². The first-order valence-corrected chi connectivity index (χ1v) is 13.2. The zero-order valence-corrected chi connectivity index (χ0v) is 19.7. The molecular formula is C26H33N3O2S. The van der Waals surface area contributed by atoms with Crippen molar-refractivity contribution in [2.45, 2.75) is 74.6 Å². The lowest BCUT2D eigenvalue weighted by molar-refractivity contribution is -0.149. The lowest BCUT2D eigenvalue weighted by Gasteiger charge is -2.60. The second-order valence-corrected chi connectivity index (χ2v) is 11.6. The maximum atomic E-state index is 13.8. The number of carbonyl (C=O) groups excluding carboxylic acids is 1. The summed E-state index contributed by atoms with van der Waals surface area (Å²) in [5, 5.41) is 0.993. The van der Waals surface area contributed by atoms with E-state index in [1.165, 1.54) is 51.4 Å². The van der Waals surface area contributed by atoms with Gasteiger partial charge in [-0.05, 0) is 86.8 Å². The largest absolute Gasteiger partial charge is 0.497 e. The monoisotopic (exact) mass is 451 g/mol. The molecule has 170 valence electrons. The van der Waals surface area contributed by atoms with E-state index in [1.807, 2.05) is 18.3 Å². The molecule has 5 aliphatic rings. The molecule has 0 spiro atoms. The van der Waals surface area contributed by atoms with Gasteiger partial charge in [-0.2, -0.15) is 0 Å². The lowest BCUT2D eigenvalue weighted by Crippen LogP contribution is -2.61. The summed E-state index contributed by atoms with van der Waals surface area (Å²) in [6, 6.07) is 8.83. The van der Waals surface area contributed by atoms with Crippen LogP contribution in [0.1, 0.15) is 63.0 Å². The predicted molar refractivity (Wildman–Crippen MR) is 126 cm³/mol. The Balaban J connectivity index is 1.26. The Labute approximate surface area is 194 Å². The quantitative estimate of drug-likeness (QED) is 0.510. The number of hydrogen-bond acceptors (Lipinski definition) is 4. The third kappa shape index (κ3) is 3.85. The number of methoxy groups -OCH3 is 1. The highest BCUT2D eigenvalue weighted by Gasteiger charge is 2.54. The molecular weight excluding hydrogens is 418 g/mol. The van der Waals surface area contributed by atoms with Crippen molar-refractivity contribution in [1.82, 2.24) is 14.5 Å². The second-order valence-electron chi connectivity index (χ2n) is 10.6. The number of ether oxygens (including phenoxy) is 1. The zero-order valence-electron chi connectivity index (χ0n) is 18.9. The Kier molecular flexibility index (Phi) is 5.24. The molecule has 5 saturated carbocycles. The SMILES string of the molecule is COc1cccc(CN(C(=O)CSc2nccn2C2CC2)C23CC4CC(CC(C4)C2)C3)c1. The highest BCUT2D eigenvalue weighted by atomic mass is 32.2. The molecule has 0 N–H and O–H groups in total. The van der Waals surface area contributed by atoms with Crippen LogP contribution in [-0.2, 0) is 11.3 Å². The second kappa shape index (κ2) is 8.12. The fraction of sp³-hybridized carbons (Fsp3) is 0.615. The predicted octanol–water partition coefficient (Wildman–Crippen LogP) is 5.32. The number of benzene rings is 1. The molecule has 0 unspecified atom stereocenters. The van der Waals surface area contributed by atoms with Gasteiger partial charge in [0.2, 0.25) is 5.91 Å². The van der Waals surface area contributed by atoms with Gasteiger partial charge in [-0.3, -0.25) is 4.79 Å². The van der Waals surface area contributed by atoms with Crippen molar-refractivity contribution < 1.29 is 9.53 Å². The van der Waals surface area contributed by atoms with Crippen molar-refractivity contribution in [2.75, 3.05) is 12.9 Å². The summed E-state index contributed by atoms with van der Waals surface area (Å²) in [7, 11) is 1.71. The Morgan fingerprint density at radius 3 is 2.56 bits per heavy atom. The Hall–Kier alpha value is -1.95. The average Bonchev–Trinajstić information content (AvgIpc) is 3.52. The average molecular weight is 452 g/mol. The van der Waals surface area contributed by atoms with E-state index in [9.17, 15) is 4.79 Å². The van der Waals surface area contributed by atoms with Crippen molar-refractivity contribution >= 4 is 17.7 Å². The molecule has 5 fully saturated rings. The number of nitrogens with zero attached hydrogens (tertiary/aromatic N) is 3. The van der Waals surface area contributed by atoms with E-state index in [-0.39, 0.29) is 11.4 Å². The summed E-state index contributed by atoms with van der Waals surface area (Å²) in [6.07, 6.45) is 14.1. The van der Waals surface area contributed by atoms with E-state index in [2.05, 4.69) is 32.8 Å². The minimum absolute atomic E-state index is 0.0430. The van der Waals surface area contributed by atoms with Gasteiger partial charge < -0.3 is 14.2 Å². The number of rotatable bonds is 8. The van der Waals surface area contributed by atoms with Gasteiger partial charge in [0.25, 0.3) is 0 Å². The molecule has 5 aliphatic carbocycles. The molecule has 0 radical (unpaired) electrons. The van der Waals surface area contributed by atoms with E-state index in [0.29, 0.717) is 18.3 Å². The number of thioether (sulfide) groups is 1. The number of aromatic nitrogens is 2. The Bertz CT molecular complexity index is 963. The number of carbonyl (C=O) groups is 1. The van der Waals surface area contributed by atoms with Crippen molar-refractivity contribution in [2.24, 2.45) is 17.8 Å². The van der Waals surface area contributed by atoms with Gasteiger partial charge in [-0.15, -0.1) is 0 Å². The van der Waals surface area contributed by atoms with E-state index in [4.69, 9.17) is 4.74 Å². The van der Waals surface area contributed by atoms with Crippen LogP contribution in [0.15, 0.2) is 41.8 Å². The van der Waals surface area contributed by atoms with Crippen molar-refractivity contribution in [3.8, 4) is 5.75 Å². The molecule has 1 aromatic heterocycles. The summed E-state index contributed by atoms with van der Waals surface area (Å²) in [5.74, 6) is 4.02. The normalized spacial score (nSPS) is 30.5. The molecule has 5 nitrogen and oxygen atoms in total. The molecule has 7 rings (SSSR count). The summed E-state index contributed by atoms with van der Waals surface area (Å²) in [5.41, 5.74) is 1.21. The Morgan fingerprint density at radius 1 is 1.19 bits per heavy atom. The fourth-order valence-corrected chi connectivity index (χ4v) is 8.02. The van der Waals surface area contributed by atoms with Gasteiger partial charge in [0.05, 0.1) is 12.9 Å². The van der Waals surface area contributed by atoms with E-state index >= 15 is 0 Å². The number of imidazole rings is 1. The van der Waals surface area contributed by atoms with E-state index in [0.717, 1.165) is 34.2 Å². The van der Waals surface area contributed by atoms with Gasteiger partial charge in [0, 0.05) is 30.5 Å². The summed E-state index contributed by atoms with van der Waals surface area (Å²) < 4.78 is 7.72. The highest BCUT2D eigenvalue weighted by molar-refractivity contribution is 7.99. The third-order valence-electron chi connectivity index (χ3n) is 8.25. The van der Waals surface area contributed by atoms with Gasteiger partial charge in [0.15, 0.2) is 5.16 Å². The van der Waals surface area contributed by atoms with Gasteiger partial charge in [-0.25, -0.2) is 4.98 Å². The van der Waals surface area contributed by atoms with Crippen LogP contribution in [0.4, 0.5) is 0 Å². The molecule has 4 bridgehead atoms. The standard InChI is InChI=1S/C26H33N3O2S/c1-31-23-4-2-3-18(12-23)16-29(26-13-19-9-20(14-26)11-21(10-19)15-26)24(30)17-32-25-27-7-8-28(25)22-5-6-22/h2-4,7-8,12,19-22H,5-6,9-11,13-17H2,1H3. The van der Waals surface area contributed by atoms with Gasteiger partial charge in [0.1, 0.15) is 5.75 Å². The first-order chi connectivity index (χ1) is 15.6. The lowest BCUT2D eigenvalue weighted by atomic mass is 9.52. The van der Waals surface area contributed by atoms with E-state index in [1.54, 1.807) is 18.9 Å². The van der Waals surface area contributed by atoms with Crippen LogP contribution >= 0.6 is 11.8 Å². The van der Waals surface area contributed by atoms with Gasteiger partial charge >= 0.3 is 0 Å². The van der Waals surface area contributed by atoms with Crippen LogP contribution in [0.25, 0.3) is 0 Å². The third-order valence-corrected chi connectivity index (χ3v) is 9.22. The zero-order chi connectivity index (χ0) is 21.7. The van der Waals surface area contributed by atoms with Crippen LogP contribution in [0, 0.1) is 17.8 Å². The molecule has 1 amide bonds. The van der Waals surface area contributed by atoms with Crippen LogP contribution in [0.2, 0.25) is 0 Å². The van der Waals surface area contributed by atoms with Crippen LogP contribution < -0.4 is 4.74 Å². The maximum absolute atomic E-state index is 13.8. The summed E-state index contributed by atoms with van der Waals surface area (Å²) in [6.45, 7) is 0.680. The topological polar surface area (TPSA) is 47.4 Å². The maximum Gasteiger partial charge on any atom is 0.233 e. The minimum atomic E-state index is 0.0430. The molecule has 32 heavy (non-hydrogen) atoms. The first kappa shape index (κ1) is 20.6. The van der Waals surface area contributed by atoms with Crippen molar-refractivity contribution in [1.29, 1.82) is 0 Å². The molecule has 2 aromatic rings. The Morgan fingerprint density at radius 2 is 1.91 bits per heavy atom. The first-order valence-electron chi connectivity index (χ1n) is 12.2. The van der Waals surface area contributed by atoms with Crippen LogP contribution in [0.5, 0.6) is 5.75 Å². The smallest absolute Gasteiger partial charge is 0.233 e. The molecule has 1 heterocycles. The van der Waals surface area contributed by atoms with Crippen molar-refractivity contribution in [3.63, 3.8) is 0 Å². The van der Waals surface area contributed by atoms with Crippen LogP contribution in [0.3, 0.4) is 0 Å². The van der Waals surface area contributed by atoms with Crippen molar-refractivity contribution in [3.05, 3.63) is 42.2 Å². The summed E-state index contributed by atoms with van der Waals surface area (Å²) >= 11 is 1.62. The van der Waals surface area contributed by atoms with Gasteiger partial charge in [-0.1, -0.05) is 23.9 Å². The number of hydrogen-bond donors (Lipinski definition) is 0. The summed E-state index contributed by atoms with van der Waals surface area (Å²) in [4.78, 5) is 20.7. The molecule has 1 aromatic carbocycles. The molecule has 0 saturated heterocycles. The molecule has 0 atom stereocenters. The molecule has 0 aliphatic heterocycles.